The molecule has 0 radical (unpaired) electrons. The molecule has 196 valence electrons. The lowest BCUT2D eigenvalue weighted by Crippen LogP contribution is -2.26. The zero-order valence-electron chi connectivity index (χ0n) is 21.9. The van der Waals surface area contributed by atoms with Crippen LogP contribution in [0, 0.1) is 0 Å². The molecule has 0 saturated carbocycles. The van der Waals surface area contributed by atoms with Gasteiger partial charge in [0.25, 0.3) is 0 Å². The largest absolute Gasteiger partial charge is 0.332 e. The normalized spacial score (nSPS) is 14.3. The van der Waals surface area contributed by atoms with Crippen molar-refractivity contribution in [1.82, 2.24) is 19.9 Å². The minimum absolute atomic E-state index is 0.455. The van der Waals surface area contributed by atoms with Crippen LogP contribution in [0.4, 0.5) is 23.3 Å². The Morgan fingerprint density at radius 3 is 1.80 bits per heavy atom. The monoisotopic (exact) mass is 532 g/mol. The minimum atomic E-state index is 0.455. The Balaban J connectivity index is 1.36. The number of aromatic nitrogens is 3. The lowest BCUT2D eigenvalue weighted by Gasteiger charge is -2.16. The first-order valence-electron chi connectivity index (χ1n) is 13.7. The van der Waals surface area contributed by atoms with Crippen LogP contribution in [0.25, 0.3) is 32.3 Å². The maximum atomic E-state index is 5.26. The van der Waals surface area contributed by atoms with Crippen LogP contribution in [0.5, 0.6) is 0 Å². The van der Waals surface area contributed by atoms with Gasteiger partial charge in [0, 0.05) is 44.4 Å². The number of aromatic amines is 3. The summed E-state index contributed by atoms with van der Waals surface area (Å²) in [5.74, 6) is 4.23. The van der Waals surface area contributed by atoms with E-state index >= 15 is 0 Å². The molecule has 2 aliphatic rings. The second-order valence-corrected chi connectivity index (χ2v) is 10.5. The molecule has 0 aliphatic carbocycles. The predicted molar refractivity (Wildman–Crippen MR) is 163 cm³/mol. The molecule has 0 saturated heterocycles. The third-order valence-corrected chi connectivity index (χ3v) is 8.07. The van der Waals surface area contributed by atoms with Gasteiger partial charge >= 0.3 is 0 Å². The van der Waals surface area contributed by atoms with Crippen molar-refractivity contribution in [2.24, 2.45) is 15.0 Å². The predicted octanol–water partition coefficient (Wildman–Crippen LogP) is 6.31. The third-order valence-electron chi connectivity index (χ3n) is 8.07. The zero-order chi connectivity index (χ0) is 26.9. The Kier molecular flexibility index (Phi) is 4.57. The average molecular weight is 533 g/mol. The Bertz CT molecular complexity index is 2320. The highest BCUT2D eigenvalue weighted by atomic mass is 15.3. The van der Waals surface area contributed by atoms with Gasteiger partial charge in [-0.1, -0.05) is 97.1 Å². The van der Waals surface area contributed by atoms with Crippen LogP contribution in [0.3, 0.4) is 0 Å². The molecule has 41 heavy (non-hydrogen) atoms. The van der Waals surface area contributed by atoms with Crippen LogP contribution in [0.15, 0.2) is 112 Å². The lowest BCUT2D eigenvalue weighted by atomic mass is 10.1. The molecule has 0 unspecified atom stereocenters. The van der Waals surface area contributed by atoms with E-state index in [1.807, 2.05) is 24.3 Å². The third kappa shape index (κ3) is 3.37. The standard InChI is InChI=1S/C33H24N8/c1-2-10-20-19(9-1)17-41-18-34-27-21-11-3-4-12-22(21)28(35-27)36-29-23-13-5-6-14-24(23)30(37-29)38-31-25-15-7-8-16-26(25)32(39-31)40-33(20)41/h1-16,37-39H,17-18H2,(H,34,35,36). The highest BCUT2D eigenvalue weighted by Crippen LogP contribution is 2.38. The van der Waals surface area contributed by atoms with Crippen molar-refractivity contribution in [1.29, 1.82) is 0 Å². The molecule has 8 nitrogen and oxygen atoms in total. The number of anilines is 2. The summed E-state index contributed by atoms with van der Waals surface area (Å²) in [7, 11) is 0. The summed E-state index contributed by atoms with van der Waals surface area (Å²) in [6.45, 7) is 1.20. The molecule has 5 heterocycles. The molecular formula is C33H24N8. The van der Waals surface area contributed by atoms with Crippen LogP contribution in [0.1, 0.15) is 11.1 Å². The summed E-state index contributed by atoms with van der Waals surface area (Å²) >= 11 is 0. The Morgan fingerprint density at radius 2 is 1.10 bits per heavy atom. The first-order chi connectivity index (χ1) is 20.3. The Labute approximate surface area is 233 Å². The molecule has 0 fully saturated rings. The number of amidine groups is 1. The van der Waals surface area contributed by atoms with E-state index in [0.29, 0.717) is 6.67 Å². The summed E-state index contributed by atoms with van der Waals surface area (Å²) in [5, 5.41) is 9.92. The van der Waals surface area contributed by atoms with Crippen molar-refractivity contribution in [3.8, 4) is 0 Å². The fourth-order valence-corrected chi connectivity index (χ4v) is 6.12. The molecule has 4 N–H and O–H groups in total. The fraction of sp³-hybridized carbons (Fsp3) is 0.0606. The van der Waals surface area contributed by atoms with Crippen LogP contribution in [-0.2, 0) is 6.54 Å². The highest BCUT2D eigenvalue weighted by molar-refractivity contribution is 6.09. The first-order valence-corrected chi connectivity index (χ1v) is 13.7. The molecule has 7 aromatic rings. The number of rotatable bonds is 0. The molecule has 6 bridgehead atoms. The van der Waals surface area contributed by atoms with Gasteiger partial charge in [0.2, 0.25) is 0 Å². The molecule has 9 rings (SSSR count). The second kappa shape index (κ2) is 8.43. The SMILES string of the molecule is c1ccc2c(c1)CN1CN=c3[nH]c(c4ccccc34)=Nc3[nH]c(c4ccccc34)Nc3[nH]c(c4ccccc34)N=C21. The minimum Gasteiger partial charge on any atom is -0.332 e. The number of nitrogens with zero attached hydrogens (tertiary/aromatic N) is 4. The van der Waals surface area contributed by atoms with E-state index in [-0.39, 0.29) is 0 Å². The smallest absolute Gasteiger partial charge is 0.142 e. The van der Waals surface area contributed by atoms with Gasteiger partial charge in [-0.15, -0.1) is 0 Å². The highest BCUT2D eigenvalue weighted by Gasteiger charge is 2.26. The van der Waals surface area contributed by atoms with Crippen molar-refractivity contribution >= 4 is 61.4 Å². The van der Waals surface area contributed by atoms with Crippen molar-refractivity contribution in [2.45, 2.75) is 6.54 Å². The van der Waals surface area contributed by atoms with Gasteiger partial charge in [-0.25, -0.2) is 15.0 Å². The van der Waals surface area contributed by atoms with E-state index in [4.69, 9.17) is 15.0 Å². The number of H-pyrrole nitrogens is 3. The summed E-state index contributed by atoms with van der Waals surface area (Å²) in [6, 6.07) is 33.3. The van der Waals surface area contributed by atoms with E-state index in [2.05, 4.69) is 98.0 Å². The van der Waals surface area contributed by atoms with Gasteiger partial charge < -0.3 is 25.2 Å². The molecule has 0 atom stereocenters. The van der Waals surface area contributed by atoms with Gasteiger partial charge in [0.15, 0.2) is 0 Å². The number of fused-ring (bicyclic) bond motifs is 18. The number of nitrogens with one attached hydrogen (secondary N) is 4. The number of hydrogen-bond donors (Lipinski definition) is 4. The average Bonchev–Trinajstić information content (AvgIpc) is 3.75. The topological polar surface area (TPSA) is 99.7 Å². The summed E-state index contributed by atoms with van der Waals surface area (Å²) < 4.78 is 0. The van der Waals surface area contributed by atoms with Gasteiger partial charge in [-0.2, -0.15) is 0 Å². The number of aliphatic imine (C=N–C) groups is 1. The van der Waals surface area contributed by atoms with E-state index in [1.165, 1.54) is 5.56 Å². The maximum absolute atomic E-state index is 5.26. The van der Waals surface area contributed by atoms with Crippen LogP contribution in [-0.4, -0.2) is 32.4 Å². The Hall–Kier alpha value is -5.63. The summed E-state index contributed by atoms with van der Waals surface area (Å²) in [4.78, 5) is 28.3. The molecule has 0 amide bonds. The molecular weight excluding hydrogens is 508 g/mol. The number of hydrogen-bond acceptors (Lipinski definition) is 5. The zero-order valence-corrected chi connectivity index (χ0v) is 21.9. The molecule has 8 heteroatoms. The van der Waals surface area contributed by atoms with Gasteiger partial charge in [0.1, 0.15) is 46.8 Å². The van der Waals surface area contributed by atoms with Crippen molar-refractivity contribution < 1.29 is 0 Å². The Morgan fingerprint density at radius 1 is 0.537 bits per heavy atom. The van der Waals surface area contributed by atoms with Crippen LogP contribution >= 0.6 is 0 Å². The molecule has 3 aromatic heterocycles. The quantitative estimate of drug-likeness (QED) is 0.184. The van der Waals surface area contributed by atoms with E-state index in [9.17, 15) is 0 Å². The van der Waals surface area contributed by atoms with E-state index in [0.717, 1.165) is 84.5 Å². The first kappa shape index (κ1) is 22.2. The van der Waals surface area contributed by atoms with E-state index in [1.54, 1.807) is 0 Å². The van der Waals surface area contributed by atoms with Crippen LogP contribution in [0.2, 0.25) is 0 Å². The fourth-order valence-electron chi connectivity index (χ4n) is 6.12. The second-order valence-electron chi connectivity index (χ2n) is 10.5. The van der Waals surface area contributed by atoms with Crippen molar-refractivity contribution in [2.75, 3.05) is 12.0 Å². The van der Waals surface area contributed by atoms with Gasteiger partial charge in [0.05, 0.1) is 0 Å². The van der Waals surface area contributed by atoms with Crippen LogP contribution < -0.4 is 16.3 Å². The lowest BCUT2D eigenvalue weighted by molar-refractivity contribution is 0.440. The molecule has 0 spiro atoms. The van der Waals surface area contributed by atoms with Crippen molar-refractivity contribution in [3.05, 3.63) is 119 Å². The maximum Gasteiger partial charge on any atom is 0.142 e. The van der Waals surface area contributed by atoms with Crippen molar-refractivity contribution in [3.63, 3.8) is 0 Å². The number of benzene rings is 4. The molecule has 2 aliphatic heterocycles. The van der Waals surface area contributed by atoms with Gasteiger partial charge in [-0.05, 0) is 5.56 Å². The van der Waals surface area contributed by atoms with Gasteiger partial charge in [-0.3, -0.25) is 0 Å². The van der Waals surface area contributed by atoms with E-state index < -0.39 is 0 Å². The molecule has 4 aromatic carbocycles. The summed E-state index contributed by atoms with van der Waals surface area (Å²) in [5.41, 5.74) is 3.95. The summed E-state index contributed by atoms with van der Waals surface area (Å²) in [6.07, 6.45) is 0.